The highest BCUT2D eigenvalue weighted by atomic mass is 16.5. The van der Waals surface area contributed by atoms with Crippen LogP contribution in [0.4, 0.5) is 5.69 Å². The first-order valence-electron chi connectivity index (χ1n) is 8.41. The molecular weight excluding hydrogens is 348 g/mol. The second-order valence-corrected chi connectivity index (χ2v) is 5.92. The second-order valence-electron chi connectivity index (χ2n) is 5.92. The normalized spacial score (nSPS) is 11.7. The first-order chi connectivity index (χ1) is 12.8. The maximum Gasteiger partial charge on any atom is 0.349 e. The number of amides is 2. The van der Waals surface area contributed by atoms with E-state index < -0.39 is 24.5 Å². The highest BCUT2D eigenvalue weighted by Gasteiger charge is 2.17. The molecule has 0 fully saturated rings. The largest absolute Gasteiger partial charge is 0.451 e. The minimum atomic E-state index is -0.907. The molecule has 0 spiro atoms. The number of likely N-dealkylation sites (N-methyl/N-ethyl adjacent to an activating group) is 1. The van der Waals surface area contributed by atoms with Crippen LogP contribution >= 0.6 is 0 Å². The van der Waals surface area contributed by atoms with Gasteiger partial charge in [0.15, 0.2) is 6.61 Å². The van der Waals surface area contributed by atoms with Crippen LogP contribution in [0.2, 0.25) is 0 Å². The Bertz CT molecular complexity index is 748. The lowest BCUT2D eigenvalue weighted by atomic mass is 10.1. The Morgan fingerprint density at radius 1 is 1.26 bits per heavy atom. The van der Waals surface area contributed by atoms with Crippen molar-refractivity contribution in [2.24, 2.45) is 0 Å². The molecular formula is C19H24N4O4. The van der Waals surface area contributed by atoms with Gasteiger partial charge >= 0.3 is 5.97 Å². The van der Waals surface area contributed by atoms with Crippen molar-refractivity contribution in [3.8, 4) is 6.07 Å². The SMILES string of the molecule is CCNC(=O)[C@@H](C)NC(=O)COC(=O)/C(C#N)=C/c1ccc(N(C)C)cc1. The van der Waals surface area contributed by atoms with Crippen LogP contribution in [-0.4, -0.2) is 51.1 Å². The number of hydrogen-bond acceptors (Lipinski definition) is 6. The van der Waals surface area contributed by atoms with E-state index in [1.165, 1.54) is 13.0 Å². The lowest BCUT2D eigenvalue weighted by Gasteiger charge is -2.13. The Balaban J connectivity index is 2.64. The summed E-state index contributed by atoms with van der Waals surface area (Å²) in [5.41, 5.74) is 1.41. The van der Waals surface area contributed by atoms with Crippen molar-refractivity contribution < 1.29 is 19.1 Å². The summed E-state index contributed by atoms with van der Waals surface area (Å²) in [5, 5.41) is 14.1. The van der Waals surface area contributed by atoms with Crippen LogP contribution < -0.4 is 15.5 Å². The quantitative estimate of drug-likeness (QED) is 0.397. The lowest BCUT2D eigenvalue weighted by molar-refractivity contribution is -0.144. The molecule has 0 aliphatic heterocycles. The molecule has 0 radical (unpaired) electrons. The summed E-state index contributed by atoms with van der Waals surface area (Å²) >= 11 is 0. The summed E-state index contributed by atoms with van der Waals surface area (Å²) in [5.74, 6) is -1.87. The molecule has 1 aromatic rings. The summed E-state index contributed by atoms with van der Waals surface area (Å²) in [6.45, 7) is 3.14. The van der Waals surface area contributed by atoms with Gasteiger partial charge in [-0.3, -0.25) is 9.59 Å². The fourth-order valence-corrected chi connectivity index (χ4v) is 2.06. The van der Waals surface area contributed by atoms with Crippen LogP contribution in [0.25, 0.3) is 6.08 Å². The molecule has 0 aliphatic carbocycles. The van der Waals surface area contributed by atoms with Gasteiger partial charge in [-0.1, -0.05) is 12.1 Å². The molecule has 1 aromatic carbocycles. The second kappa shape index (κ2) is 10.6. The molecule has 0 aromatic heterocycles. The Hall–Kier alpha value is -3.34. The molecule has 8 nitrogen and oxygen atoms in total. The Morgan fingerprint density at radius 2 is 1.89 bits per heavy atom. The van der Waals surface area contributed by atoms with Crippen LogP contribution in [0.3, 0.4) is 0 Å². The average Bonchev–Trinajstić information content (AvgIpc) is 2.64. The highest BCUT2D eigenvalue weighted by molar-refractivity contribution is 5.99. The number of nitrogens with one attached hydrogen (secondary N) is 2. The van der Waals surface area contributed by atoms with E-state index in [1.54, 1.807) is 25.1 Å². The van der Waals surface area contributed by atoms with E-state index in [0.717, 1.165) is 5.69 Å². The Kier molecular flexibility index (Phi) is 8.53. The van der Waals surface area contributed by atoms with Crippen molar-refractivity contribution in [1.29, 1.82) is 5.26 Å². The van der Waals surface area contributed by atoms with Gasteiger partial charge in [0.2, 0.25) is 5.91 Å². The number of carbonyl (C=O) groups is 3. The molecule has 8 heteroatoms. The average molecular weight is 372 g/mol. The van der Waals surface area contributed by atoms with E-state index in [2.05, 4.69) is 10.6 Å². The molecule has 0 bridgehead atoms. The van der Waals surface area contributed by atoms with Gasteiger partial charge in [0.1, 0.15) is 17.7 Å². The Labute approximate surface area is 158 Å². The summed E-state index contributed by atoms with van der Waals surface area (Å²) in [7, 11) is 3.81. The van der Waals surface area contributed by atoms with Crippen molar-refractivity contribution in [2.45, 2.75) is 19.9 Å². The molecule has 0 saturated heterocycles. The van der Waals surface area contributed by atoms with Gasteiger partial charge in [0, 0.05) is 26.3 Å². The number of esters is 1. The molecule has 0 saturated carbocycles. The maximum absolute atomic E-state index is 12.0. The van der Waals surface area contributed by atoms with Crippen LogP contribution in [0, 0.1) is 11.3 Å². The smallest absolute Gasteiger partial charge is 0.349 e. The highest BCUT2D eigenvalue weighted by Crippen LogP contribution is 2.15. The summed E-state index contributed by atoms with van der Waals surface area (Å²) in [4.78, 5) is 37.2. The number of nitriles is 1. The van der Waals surface area contributed by atoms with Crippen molar-refractivity contribution >= 4 is 29.5 Å². The van der Waals surface area contributed by atoms with Gasteiger partial charge in [-0.2, -0.15) is 5.26 Å². The summed E-state index contributed by atoms with van der Waals surface area (Å²) in [6.07, 6.45) is 1.39. The van der Waals surface area contributed by atoms with Crippen molar-refractivity contribution in [2.75, 3.05) is 32.1 Å². The number of carbonyl (C=O) groups excluding carboxylic acids is 3. The van der Waals surface area contributed by atoms with E-state index in [9.17, 15) is 14.4 Å². The minimum absolute atomic E-state index is 0.225. The predicted octanol–water partition coefficient (Wildman–Crippen LogP) is 0.844. The lowest BCUT2D eigenvalue weighted by Crippen LogP contribution is -2.46. The van der Waals surface area contributed by atoms with E-state index >= 15 is 0 Å². The fourth-order valence-electron chi connectivity index (χ4n) is 2.06. The van der Waals surface area contributed by atoms with E-state index in [1.807, 2.05) is 31.1 Å². The molecule has 0 heterocycles. The third-order valence-corrected chi connectivity index (χ3v) is 3.52. The number of hydrogen-bond donors (Lipinski definition) is 2. The number of rotatable bonds is 8. The monoisotopic (exact) mass is 372 g/mol. The van der Waals surface area contributed by atoms with Gasteiger partial charge < -0.3 is 20.3 Å². The van der Waals surface area contributed by atoms with Crippen molar-refractivity contribution in [1.82, 2.24) is 10.6 Å². The number of benzene rings is 1. The van der Waals surface area contributed by atoms with Crippen molar-refractivity contribution in [3.05, 3.63) is 35.4 Å². The van der Waals surface area contributed by atoms with Crippen LogP contribution in [0.1, 0.15) is 19.4 Å². The van der Waals surface area contributed by atoms with Gasteiger partial charge in [-0.25, -0.2) is 4.79 Å². The third-order valence-electron chi connectivity index (χ3n) is 3.52. The maximum atomic E-state index is 12.0. The molecule has 2 amide bonds. The third kappa shape index (κ3) is 7.20. The van der Waals surface area contributed by atoms with Crippen LogP contribution in [0.5, 0.6) is 0 Å². The van der Waals surface area contributed by atoms with E-state index in [0.29, 0.717) is 12.1 Å². The van der Waals surface area contributed by atoms with Gasteiger partial charge in [-0.15, -0.1) is 0 Å². The molecule has 1 rings (SSSR count). The van der Waals surface area contributed by atoms with Crippen molar-refractivity contribution in [3.63, 3.8) is 0 Å². The van der Waals surface area contributed by atoms with Gasteiger partial charge in [-0.05, 0) is 37.6 Å². The first kappa shape index (κ1) is 21.7. The minimum Gasteiger partial charge on any atom is -0.451 e. The van der Waals surface area contributed by atoms with Gasteiger partial charge in [0.05, 0.1) is 0 Å². The topological polar surface area (TPSA) is 112 Å². The van der Waals surface area contributed by atoms with E-state index in [4.69, 9.17) is 10.00 Å². The summed E-state index contributed by atoms with van der Waals surface area (Å²) < 4.78 is 4.85. The zero-order valence-electron chi connectivity index (χ0n) is 15.9. The zero-order chi connectivity index (χ0) is 20.4. The molecule has 27 heavy (non-hydrogen) atoms. The standard InChI is InChI=1S/C19H24N4O4/c1-5-21-18(25)13(2)22-17(24)12-27-19(26)15(11-20)10-14-6-8-16(9-7-14)23(3)4/h6-10,13H,5,12H2,1-4H3,(H,21,25)(H,22,24)/b15-10+/t13-/m1/s1. The molecule has 0 unspecified atom stereocenters. The first-order valence-corrected chi connectivity index (χ1v) is 8.41. The van der Waals surface area contributed by atoms with E-state index in [-0.39, 0.29) is 11.5 Å². The summed E-state index contributed by atoms with van der Waals surface area (Å²) in [6, 6.07) is 8.24. The molecule has 0 aliphatic rings. The zero-order valence-corrected chi connectivity index (χ0v) is 15.9. The predicted molar refractivity (Wildman–Crippen MR) is 102 cm³/mol. The van der Waals surface area contributed by atoms with Crippen LogP contribution in [0.15, 0.2) is 29.8 Å². The fraction of sp³-hybridized carbons (Fsp3) is 0.368. The van der Waals surface area contributed by atoms with Gasteiger partial charge in [0.25, 0.3) is 5.91 Å². The molecule has 2 N–H and O–H groups in total. The van der Waals surface area contributed by atoms with Crippen LogP contribution in [-0.2, 0) is 19.1 Å². The number of nitrogens with zero attached hydrogens (tertiary/aromatic N) is 2. The molecule has 1 atom stereocenters. The molecule has 144 valence electrons. The number of ether oxygens (including phenoxy) is 1. The number of anilines is 1. The Morgan fingerprint density at radius 3 is 2.41 bits per heavy atom.